The molecule has 1 aliphatic rings. The fourth-order valence-electron chi connectivity index (χ4n) is 4.18. The van der Waals surface area contributed by atoms with Crippen LogP contribution in [0.15, 0.2) is 67.0 Å². The topological polar surface area (TPSA) is 50.2 Å². The maximum absolute atomic E-state index is 13.3. The molecule has 3 atom stereocenters. The zero-order valence-corrected chi connectivity index (χ0v) is 17.2. The highest BCUT2D eigenvalue weighted by Gasteiger charge is 2.37. The molecule has 0 spiro atoms. The van der Waals surface area contributed by atoms with E-state index in [4.69, 9.17) is 0 Å². The molecular formula is C24H28N4O. The lowest BCUT2D eigenvalue weighted by Crippen LogP contribution is -2.37. The second-order valence-corrected chi connectivity index (χ2v) is 7.93. The van der Waals surface area contributed by atoms with Crippen LogP contribution in [-0.4, -0.2) is 40.7 Å². The van der Waals surface area contributed by atoms with Gasteiger partial charge in [0, 0.05) is 39.3 Å². The molecule has 5 nitrogen and oxygen atoms in total. The van der Waals surface area contributed by atoms with Crippen molar-refractivity contribution in [3.63, 3.8) is 0 Å². The molecule has 29 heavy (non-hydrogen) atoms. The van der Waals surface area contributed by atoms with Gasteiger partial charge in [0.15, 0.2) is 0 Å². The second-order valence-electron chi connectivity index (χ2n) is 7.93. The van der Waals surface area contributed by atoms with E-state index in [1.54, 1.807) is 4.68 Å². The first kappa shape index (κ1) is 19.4. The van der Waals surface area contributed by atoms with Gasteiger partial charge in [0.25, 0.3) is 0 Å². The molecule has 0 radical (unpaired) electrons. The van der Waals surface area contributed by atoms with E-state index < -0.39 is 0 Å². The highest BCUT2D eigenvalue weighted by molar-refractivity contribution is 5.81. The summed E-state index contributed by atoms with van der Waals surface area (Å²) in [7, 11) is 3.83. The molecule has 3 aromatic rings. The van der Waals surface area contributed by atoms with Gasteiger partial charge in [-0.05, 0) is 29.2 Å². The third-order valence-electron chi connectivity index (χ3n) is 6.11. The van der Waals surface area contributed by atoms with E-state index in [0.29, 0.717) is 6.54 Å². The Labute approximate surface area is 172 Å². The van der Waals surface area contributed by atoms with Crippen LogP contribution < -0.4 is 5.32 Å². The van der Waals surface area contributed by atoms with Crippen molar-refractivity contribution in [1.82, 2.24) is 20.0 Å². The van der Waals surface area contributed by atoms with Crippen LogP contribution in [0.1, 0.15) is 30.0 Å². The summed E-state index contributed by atoms with van der Waals surface area (Å²) in [6.45, 7) is 3.62. The Kier molecular flexibility index (Phi) is 5.49. The van der Waals surface area contributed by atoms with Crippen LogP contribution in [0.2, 0.25) is 0 Å². The number of hydrogen-bond acceptors (Lipinski definition) is 3. The zero-order valence-electron chi connectivity index (χ0n) is 17.2. The number of nitrogens with one attached hydrogen (secondary N) is 1. The molecule has 4 rings (SSSR count). The van der Waals surface area contributed by atoms with E-state index in [9.17, 15) is 4.79 Å². The maximum atomic E-state index is 13.3. The molecule has 1 aromatic heterocycles. The van der Waals surface area contributed by atoms with Crippen LogP contribution in [0.5, 0.6) is 0 Å². The van der Waals surface area contributed by atoms with Crippen molar-refractivity contribution in [3.8, 4) is 11.1 Å². The molecule has 2 heterocycles. The minimum Gasteiger partial charge on any atom is -0.339 e. The van der Waals surface area contributed by atoms with Crippen molar-refractivity contribution in [3.05, 3.63) is 78.1 Å². The number of carbonyl (C=O) groups is 1. The average Bonchev–Trinajstić information content (AvgIpc) is 3.42. The Bertz CT molecular complexity index is 964. The average molecular weight is 389 g/mol. The number of carbonyl (C=O) groups excluding carboxylic acids is 1. The molecule has 2 aromatic carbocycles. The summed E-state index contributed by atoms with van der Waals surface area (Å²) >= 11 is 0. The van der Waals surface area contributed by atoms with Crippen molar-refractivity contribution in [1.29, 1.82) is 0 Å². The Morgan fingerprint density at radius 1 is 1.10 bits per heavy atom. The van der Waals surface area contributed by atoms with Gasteiger partial charge in [0.05, 0.1) is 18.2 Å². The molecule has 150 valence electrons. The van der Waals surface area contributed by atoms with Crippen molar-refractivity contribution in [2.45, 2.75) is 18.9 Å². The highest BCUT2D eigenvalue weighted by atomic mass is 16.2. The number of nitrogens with zero attached hydrogens (tertiary/aromatic N) is 3. The molecule has 0 aliphatic carbocycles. The molecule has 1 aliphatic heterocycles. The van der Waals surface area contributed by atoms with Crippen LogP contribution in [0.3, 0.4) is 0 Å². The van der Waals surface area contributed by atoms with E-state index in [1.807, 2.05) is 49.6 Å². The Morgan fingerprint density at radius 2 is 1.79 bits per heavy atom. The Balaban J connectivity index is 1.48. The molecule has 1 fully saturated rings. The number of aromatic nitrogens is 2. The van der Waals surface area contributed by atoms with Gasteiger partial charge in [-0.3, -0.25) is 9.48 Å². The first-order chi connectivity index (χ1) is 14.0. The van der Waals surface area contributed by atoms with Crippen molar-refractivity contribution >= 4 is 5.91 Å². The van der Waals surface area contributed by atoms with Gasteiger partial charge in [-0.25, -0.2) is 0 Å². The summed E-state index contributed by atoms with van der Waals surface area (Å²) in [6.07, 6.45) is 3.90. The van der Waals surface area contributed by atoms with Gasteiger partial charge in [-0.1, -0.05) is 54.6 Å². The summed E-state index contributed by atoms with van der Waals surface area (Å²) in [6, 6.07) is 18.9. The van der Waals surface area contributed by atoms with E-state index in [0.717, 1.165) is 17.7 Å². The number of amides is 1. The van der Waals surface area contributed by atoms with Gasteiger partial charge in [0.2, 0.25) is 5.91 Å². The number of benzene rings is 2. The quantitative estimate of drug-likeness (QED) is 0.726. The summed E-state index contributed by atoms with van der Waals surface area (Å²) in [5, 5.41) is 7.67. The van der Waals surface area contributed by atoms with Crippen LogP contribution in [0.4, 0.5) is 0 Å². The van der Waals surface area contributed by atoms with Crippen molar-refractivity contribution in [2.75, 3.05) is 20.1 Å². The SMILES string of the molecule is CC(c1ccc(-c2ccccc2)cc1)N(C)C(=O)[C@H]1CNC[C@@H]1c1cnn(C)c1. The lowest BCUT2D eigenvalue weighted by Gasteiger charge is -2.29. The number of rotatable bonds is 5. The van der Waals surface area contributed by atoms with E-state index in [1.165, 1.54) is 11.1 Å². The van der Waals surface area contributed by atoms with Crippen LogP contribution in [0, 0.1) is 5.92 Å². The summed E-state index contributed by atoms with van der Waals surface area (Å²) in [5.41, 5.74) is 4.66. The largest absolute Gasteiger partial charge is 0.339 e. The number of aryl methyl sites for hydroxylation is 1. The second kappa shape index (κ2) is 8.21. The smallest absolute Gasteiger partial charge is 0.227 e. The van der Waals surface area contributed by atoms with Gasteiger partial charge >= 0.3 is 0 Å². The van der Waals surface area contributed by atoms with Gasteiger partial charge in [-0.2, -0.15) is 5.10 Å². The minimum atomic E-state index is -0.0600. The Morgan fingerprint density at radius 3 is 2.45 bits per heavy atom. The van der Waals surface area contributed by atoms with Crippen molar-refractivity contribution in [2.24, 2.45) is 13.0 Å². The van der Waals surface area contributed by atoms with E-state index in [-0.39, 0.29) is 23.8 Å². The highest BCUT2D eigenvalue weighted by Crippen LogP contribution is 2.32. The van der Waals surface area contributed by atoms with Crippen LogP contribution in [0.25, 0.3) is 11.1 Å². The fraction of sp³-hybridized carbons (Fsp3) is 0.333. The normalized spacial score (nSPS) is 19.8. The summed E-state index contributed by atoms with van der Waals surface area (Å²) < 4.78 is 1.80. The van der Waals surface area contributed by atoms with Crippen LogP contribution >= 0.6 is 0 Å². The zero-order chi connectivity index (χ0) is 20.4. The molecule has 1 N–H and O–H groups in total. The third-order valence-corrected chi connectivity index (χ3v) is 6.11. The molecular weight excluding hydrogens is 360 g/mol. The summed E-state index contributed by atoms with van der Waals surface area (Å²) in [4.78, 5) is 15.2. The number of hydrogen-bond donors (Lipinski definition) is 1. The van der Waals surface area contributed by atoms with Crippen LogP contribution in [-0.2, 0) is 11.8 Å². The standard InChI is InChI=1S/C24H28N4O/c1-17(18-9-11-20(12-10-18)19-7-5-4-6-8-19)28(3)24(29)23-15-25-14-22(23)21-13-26-27(2)16-21/h4-13,16-17,22-23,25H,14-15H2,1-3H3/t17?,22-,23+/m1/s1. The first-order valence-electron chi connectivity index (χ1n) is 10.2. The molecule has 1 amide bonds. The van der Waals surface area contributed by atoms with Crippen molar-refractivity contribution < 1.29 is 4.79 Å². The molecule has 0 saturated carbocycles. The lowest BCUT2D eigenvalue weighted by molar-refractivity contribution is -0.136. The van der Waals surface area contributed by atoms with E-state index >= 15 is 0 Å². The molecule has 0 bridgehead atoms. The third kappa shape index (κ3) is 3.96. The predicted molar refractivity (Wildman–Crippen MR) is 115 cm³/mol. The van der Waals surface area contributed by atoms with Gasteiger partial charge < -0.3 is 10.2 Å². The fourth-order valence-corrected chi connectivity index (χ4v) is 4.18. The monoisotopic (exact) mass is 388 g/mol. The summed E-state index contributed by atoms with van der Waals surface area (Å²) in [5.74, 6) is 0.296. The molecule has 1 unspecified atom stereocenters. The first-order valence-corrected chi connectivity index (χ1v) is 10.2. The Hall–Kier alpha value is -2.92. The predicted octanol–water partition coefficient (Wildman–Crippen LogP) is 3.61. The van der Waals surface area contributed by atoms with Gasteiger partial charge in [0.1, 0.15) is 0 Å². The van der Waals surface area contributed by atoms with Gasteiger partial charge in [-0.15, -0.1) is 0 Å². The lowest BCUT2D eigenvalue weighted by atomic mass is 9.89. The van der Waals surface area contributed by atoms with E-state index in [2.05, 4.69) is 53.7 Å². The minimum absolute atomic E-state index is 0.0162. The maximum Gasteiger partial charge on any atom is 0.227 e. The molecule has 1 saturated heterocycles. The molecule has 5 heteroatoms.